The Morgan fingerprint density at radius 3 is 2.50 bits per heavy atom. The highest BCUT2D eigenvalue weighted by molar-refractivity contribution is 7.89. The van der Waals surface area contributed by atoms with Gasteiger partial charge in [-0.2, -0.15) is 0 Å². The second kappa shape index (κ2) is 6.62. The molecule has 0 aliphatic rings. The van der Waals surface area contributed by atoms with Gasteiger partial charge in [-0.25, -0.2) is 13.1 Å². The lowest BCUT2D eigenvalue weighted by atomic mass is 10.2. The predicted octanol–water partition coefficient (Wildman–Crippen LogP) is 0.715. The van der Waals surface area contributed by atoms with Crippen LogP contribution in [0, 0.1) is 0 Å². The van der Waals surface area contributed by atoms with Gasteiger partial charge in [0.2, 0.25) is 10.0 Å². The van der Waals surface area contributed by atoms with Gasteiger partial charge in [0.25, 0.3) is 0 Å². The van der Waals surface area contributed by atoms with Crippen molar-refractivity contribution >= 4 is 10.0 Å². The molecule has 0 saturated carbocycles. The zero-order valence-electron chi connectivity index (χ0n) is 9.44. The highest BCUT2D eigenvalue weighted by Gasteiger charge is 2.06. The summed E-state index contributed by atoms with van der Waals surface area (Å²) in [7, 11) is -3.10. The number of hydrogen-bond donors (Lipinski definition) is 2. The van der Waals surface area contributed by atoms with Crippen molar-refractivity contribution in [1.82, 2.24) is 10.0 Å². The number of hydrogen-bond acceptors (Lipinski definition) is 3. The molecule has 1 rings (SSSR count). The zero-order chi connectivity index (χ0) is 11.9. The van der Waals surface area contributed by atoms with Gasteiger partial charge < -0.3 is 5.32 Å². The molecule has 0 aliphatic heterocycles. The van der Waals surface area contributed by atoms with Crippen LogP contribution in [0.25, 0.3) is 0 Å². The molecule has 0 aliphatic carbocycles. The van der Waals surface area contributed by atoms with E-state index in [0.29, 0.717) is 19.6 Å². The van der Waals surface area contributed by atoms with Crippen molar-refractivity contribution < 1.29 is 8.42 Å². The van der Waals surface area contributed by atoms with E-state index in [1.54, 1.807) is 6.92 Å². The molecule has 0 radical (unpaired) electrons. The lowest BCUT2D eigenvalue weighted by Gasteiger charge is -2.06. The first-order valence-corrected chi connectivity index (χ1v) is 7.01. The molecule has 5 heteroatoms. The van der Waals surface area contributed by atoms with E-state index in [1.807, 2.05) is 30.3 Å². The van der Waals surface area contributed by atoms with Crippen LogP contribution in [0.5, 0.6) is 0 Å². The van der Waals surface area contributed by atoms with E-state index < -0.39 is 10.0 Å². The van der Waals surface area contributed by atoms with Gasteiger partial charge >= 0.3 is 0 Å². The minimum atomic E-state index is -3.10. The maximum atomic E-state index is 11.3. The van der Waals surface area contributed by atoms with Crippen molar-refractivity contribution in [3.05, 3.63) is 35.9 Å². The molecule has 0 unspecified atom stereocenters. The SMILES string of the molecule is CCNS(=O)(=O)CCNCc1ccccc1. The second-order valence-electron chi connectivity index (χ2n) is 3.48. The van der Waals surface area contributed by atoms with Crippen molar-refractivity contribution in [3.63, 3.8) is 0 Å². The van der Waals surface area contributed by atoms with Crippen LogP contribution in [0.4, 0.5) is 0 Å². The number of rotatable bonds is 7. The third-order valence-electron chi connectivity index (χ3n) is 2.08. The van der Waals surface area contributed by atoms with E-state index in [1.165, 1.54) is 0 Å². The summed E-state index contributed by atoms with van der Waals surface area (Å²) in [5, 5.41) is 3.10. The first kappa shape index (κ1) is 13.2. The monoisotopic (exact) mass is 242 g/mol. The smallest absolute Gasteiger partial charge is 0.212 e. The Morgan fingerprint density at radius 2 is 1.88 bits per heavy atom. The fourth-order valence-electron chi connectivity index (χ4n) is 1.33. The molecule has 0 aromatic heterocycles. The van der Waals surface area contributed by atoms with Gasteiger partial charge in [0.05, 0.1) is 5.75 Å². The Morgan fingerprint density at radius 1 is 1.19 bits per heavy atom. The van der Waals surface area contributed by atoms with Crippen LogP contribution >= 0.6 is 0 Å². The van der Waals surface area contributed by atoms with Crippen molar-refractivity contribution in [3.8, 4) is 0 Å². The van der Waals surface area contributed by atoms with Crippen molar-refractivity contribution in [2.24, 2.45) is 0 Å². The standard InChI is InChI=1S/C11H18N2O2S/c1-2-13-16(14,15)9-8-12-10-11-6-4-3-5-7-11/h3-7,12-13H,2,8-10H2,1H3. The molecular formula is C11H18N2O2S. The highest BCUT2D eigenvalue weighted by atomic mass is 32.2. The Bertz CT molecular complexity index is 390. The van der Waals surface area contributed by atoms with Crippen LogP contribution in [0.3, 0.4) is 0 Å². The lowest BCUT2D eigenvalue weighted by molar-refractivity contribution is 0.579. The topological polar surface area (TPSA) is 58.2 Å². The summed E-state index contributed by atoms with van der Waals surface area (Å²) < 4.78 is 25.0. The number of sulfonamides is 1. The minimum Gasteiger partial charge on any atom is -0.312 e. The molecule has 0 spiro atoms. The Labute approximate surface area is 97.1 Å². The summed E-state index contributed by atoms with van der Waals surface area (Å²) in [5.41, 5.74) is 1.16. The third-order valence-corrected chi connectivity index (χ3v) is 3.55. The molecular weight excluding hydrogens is 224 g/mol. The molecule has 0 saturated heterocycles. The average molecular weight is 242 g/mol. The van der Waals surface area contributed by atoms with Gasteiger partial charge in [-0.3, -0.25) is 0 Å². The predicted molar refractivity (Wildman–Crippen MR) is 65.6 cm³/mol. The average Bonchev–Trinajstić information content (AvgIpc) is 2.26. The fraction of sp³-hybridized carbons (Fsp3) is 0.455. The van der Waals surface area contributed by atoms with E-state index in [-0.39, 0.29) is 5.75 Å². The largest absolute Gasteiger partial charge is 0.312 e. The van der Waals surface area contributed by atoms with Gasteiger partial charge in [-0.05, 0) is 5.56 Å². The summed E-state index contributed by atoms with van der Waals surface area (Å²) in [6.45, 7) is 3.38. The summed E-state index contributed by atoms with van der Waals surface area (Å²) in [6.07, 6.45) is 0. The molecule has 1 aromatic rings. The van der Waals surface area contributed by atoms with Crippen molar-refractivity contribution in [1.29, 1.82) is 0 Å². The number of nitrogens with one attached hydrogen (secondary N) is 2. The molecule has 16 heavy (non-hydrogen) atoms. The van der Waals surface area contributed by atoms with E-state index in [9.17, 15) is 8.42 Å². The normalized spacial score (nSPS) is 11.6. The Hall–Kier alpha value is -0.910. The molecule has 4 nitrogen and oxygen atoms in total. The van der Waals surface area contributed by atoms with Gasteiger partial charge in [0.1, 0.15) is 0 Å². The maximum Gasteiger partial charge on any atom is 0.212 e. The highest BCUT2D eigenvalue weighted by Crippen LogP contribution is 1.96. The van der Waals surface area contributed by atoms with E-state index in [2.05, 4.69) is 10.0 Å². The zero-order valence-corrected chi connectivity index (χ0v) is 10.3. The van der Waals surface area contributed by atoms with E-state index >= 15 is 0 Å². The second-order valence-corrected chi connectivity index (χ2v) is 5.41. The van der Waals surface area contributed by atoms with Gasteiger partial charge in [-0.1, -0.05) is 37.3 Å². The molecule has 0 fully saturated rings. The lowest BCUT2D eigenvalue weighted by Crippen LogP contribution is -2.31. The van der Waals surface area contributed by atoms with E-state index in [4.69, 9.17) is 0 Å². The molecule has 0 amide bonds. The Balaban J connectivity index is 2.22. The third kappa shape index (κ3) is 5.25. The van der Waals surface area contributed by atoms with Crippen molar-refractivity contribution in [2.45, 2.75) is 13.5 Å². The summed E-state index contributed by atoms with van der Waals surface area (Å²) >= 11 is 0. The first-order valence-electron chi connectivity index (χ1n) is 5.36. The quantitative estimate of drug-likeness (QED) is 0.693. The van der Waals surface area contributed by atoms with Crippen LogP contribution in [0.2, 0.25) is 0 Å². The molecule has 0 heterocycles. The van der Waals surface area contributed by atoms with Gasteiger partial charge in [0.15, 0.2) is 0 Å². The Kier molecular flexibility index (Phi) is 5.45. The van der Waals surface area contributed by atoms with Crippen LogP contribution in [0.1, 0.15) is 12.5 Å². The fourth-order valence-corrected chi connectivity index (χ4v) is 2.32. The molecule has 90 valence electrons. The summed E-state index contributed by atoms with van der Waals surface area (Å²) in [5.74, 6) is 0.119. The molecule has 2 N–H and O–H groups in total. The summed E-state index contributed by atoms with van der Waals surface area (Å²) in [6, 6.07) is 9.90. The van der Waals surface area contributed by atoms with Crippen LogP contribution < -0.4 is 10.0 Å². The van der Waals surface area contributed by atoms with Crippen LogP contribution in [-0.2, 0) is 16.6 Å². The van der Waals surface area contributed by atoms with Gasteiger partial charge in [0, 0.05) is 19.6 Å². The maximum absolute atomic E-state index is 11.3. The minimum absolute atomic E-state index is 0.119. The molecule has 1 aromatic carbocycles. The van der Waals surface area contributed by atoms with E-state index in [0.717, 1.165) is 5.56 Å². The first-order chi connectivity index (χ1) is 7.64. The van der Waals surface area contributed by atoms with Crippen molar-refractivity contribution in [2.75, 3.05) is 18.8 Å². The van der Waals surface area contributed by atoms with Gasteiger partial charge in [-0.15, -0.1) is 0 Å². The molecule has 0 atom stereocenters. The van der Waals surface area contributed by atoms with Crippen LogP contribution in [-0.4, -0.2) is 27.3 Å². The molecule has 0 bridgehead atoms. The van der Waals surface area contributed by atoms with Crippen LogP contribution in [0.15, 0.2) is 30.3 Å². The summed E-state index contributed by atoms with van der Waals surface area (Å²) in [4.78, 5) is 0. The number of benzene rings is 1.